The molecule has 1 aromatic rings. The lowest BCUT2D eigenvalue weighted by molar-refractivity contribution is 0.0946. The van der Waals surface area contributed by atoms with Gasteiger partial charge in [0, 0.05) is 6.42 Å². The van der Waals surface area contributed by atoms with E-state index in [1.807, 2.05) is 13.0 Å². The van der Waals surface area contributed by atoms with Crippen LogP contribution in [0.4, 0.5) is 0 Å². The molecule has 0 fully saturated rings. The zero-order valence-corrected chi connectivity index (χ0v) is 8.69. The second-order valence-electron chi connectivity index (χ2n) is 3.88. The molecule has 1 unspecified atom stereocenters. The molecule has 16 heavy (non-hydrogen) atoms. The molecule has 5 nitrogen and oxygen atoms in total. The number of rotatable bonds is 0. The average Bonchev–Trinajstić information content (AvgIpc) is 2.27. The van der Waals surface area contributed by atoms with Crippen molar-refractivity contribution in [2.24, 2.45) is 5.92 Å². The van der Waals surface area contributed by atoms with E-state index in [0.29, 0.717) is 18.5 Å². The van der Waals surface area contributed by atoms with Crippen LogP contribution < -0.4 is 0 Å². The van der Waals surface area contributed by atoms with E-state index in [2.05, 4.69) is 9.97 Å². The summed E-state index contributed by atoms with van der Waals surface area (Å²) in [5.41, 5.74) is 0.736. The number of fused-ring (bicyclic) bond motifs is 1. The van der Waals surface area contributed by atoms with Gasteiger partial charge in [0.05, 0.1) is 5.69 Å². The van der Waals surface area contributed by atoms with Gasteiger partial charge >= 0.3 is 0 Å². The molecule has 0 saturated carbocycles. The minimum absolute atomic E-state index is 0.00292. The highest BCUT2D eigenvalue weighted by molar-refractivity contribution is 5.96. The van der Waals surface area contributed by atoms with Crippen LogP contribution in [0.1, 0.15) is 40.9 Å². The predicted molar refractivity (Wildman–Crippen MR) is 53.3 cm³/mol. The fourth-order valence-corrected chi connectivity index (χ4v) is 1.81. The number of nitriles is 2. The van der Waals surface area contributed by atoms with E-state index in [4.69, 9.17) is 10.5 Å². The molecule has 0 N–H and O–H groups in total. The highest BCUT2D eigenvalue weighted by atomic mass is 16.1. The van der Waals surface area contributed by atoms with Crippen LogP contribution in [0.3, 0.4) is 0 Å². The van der Waals surface area contributed by atoms with Crippen molar-refractivity contribution in [2.45, 2.75) is 19.8 Å². The molecule has 0 bridgehead atoms. The molecule has 0 amide bonds. The highest BCUT2D eigenvalue weighted by Gasteiger charge is 2.26. The second-order valence-corrected chi connectivity index (χ2v) is 3.88. The predicted octanol–water partition coefficient (Wildman–Crippen LogP) is 0.985. The van der Waals surface area contributed by atoms with Crippen LogP contribution >= 0.6 is 0 Å². The van der Waals surface area contributed by atoms with Gasteiger partial charge in [-0.25, -0.2) is 9.97 Å². The van der Waals surface area contributed by atoms with E-state index >= 15 is 0 Å². The van der Waals surface area contributed by atoms with Gasteiger partial charge in [-0.15, -0.1) is 0 Å². The number of carbonyl (C=O) groups excluding carboxylic acids is 1. The number of nitrogens with zero attached hydrogens (tertiary/aromatic N) is 4. The minimum Gasteiger partial charge on any atom is -0.292 e. The first kappa shape index (κ1) is 10.3. The number of Topliss-reactive ketones (excluding diaryl/α,β-unsaturated/α-hetero) is 1. The highest BCUT2D eigenvalue weighted by Crippen LogP contribution is 2.23. The largest absolute Gasteiger partial charge is 0.292 e. The summed E-state index contributed by atoms with van der Waals surface area (Å²) in [7, 11) is 0. The molecule has 0 aliphatic heterocycles. The molecular weight excluding hydrogens is 204 g/mol. The zero-order chi connectivity index (χ0) is 11.7. The summed E-state index contributed by atoms with van der Waals surface area (Å²) in [6.07, 6.45) is 1.06. The van der Waals surface area contributed by atoms with Crippen LogP contribution in [0.15, 0.2) is 0 Å². The van der Waals surface area contributed by atoms with Crippen LogP contribution in [0.25, 0.3) is 0 Å². The van der Waals surface area contributed by atoms with Crippen molar-refractivity contribution >= 4 is 5.78 Å². The maximum absolute atomic E-state index is 11.7. The molecule has 5 heteroatoms. The summed E-state index contributed by atoms with van der Waals surface area (Å²) in [5, 5.41) is 17.6. The third-order valence-electron chi connectivity index (χ3n) is 2.52. The lowest BCUT2D eigenvalue weighted by Crippen LogP contribution is -2.22. The molecule has 1 aliphatic rings. The zero-order valence-electron chi connectivity index (χ0n) is 8.69. The Kier molecular flexibility index (Phi) is 2.38. The number of hydrogen-bond donors (Lipinski definition) is 0. The molecule has 0 aromatic carbocycles. The number of ketones is 1. The summed E-state index contributed by atoms with van der Waals surface area (Å²) >= 11 is 0. The molecule has 0 spiro atoms. The van der Waals surface area contributed by atoms with Crippen LogP contribution in [-0.4, -0.2) is 15.8 Å². The average molecular weight is 212 g/mol. The maximum Gasteiger partial charge on any atom is 0.183 e. The first-order valence-electron chi connectivity index (χ1n) is 4.90. The van der Waals surface area contributed by atoms with Crippen LogP contribution in [-0.2, 0) is 6.42 Å². The lowest BCUT2D eigenvalue weighted by atomic mass is 9.90. The third kappa shape index (κ3) is 1.53. The Balaban J connectivity index is 2.63. The van der Waals surface area contributed by atoms with Gasteiger partial charge < -0.3 is 0 Å². The van der Waals surface area contributed by atoms with Gasteiger partial charge in [-0.2, -0.15) is 10.5 Å². The van der Waals surface area contributed by atoms with Gasteiger partial charge in [0.1, 0.15) is 17.8 Å². The monoisotopic (exact) mass is 212 g/mol. The topological polar surface area (TPSA) is 90.4 Å². The maximum atomic E-state index is 11.7. The third-order valence-corrected chi connectivity index (χ3v) is 2.52. The van der Waals surface area contributed by atoms with Gasteiger partial charge in [0.2, 0.25) is 0 Å². The fraction of sp³-hybridized carbons (Fsp3) is 0.364. The first-order chi connectivity index (χ1) is 7.65. The van der Waals surface area contributed by atoms with Crippen molar-refractivity contribution in [2.75, 3.05) is 0 Å². The second kappa shape index (κ2) is 3.71. The first-order valence-corrected chi connectivity index (χ1v) is 4.90. The summed E-state index contributed by atoms with van der Waals surface area (Å²) in [4.78, 5) is 19.6. The Bertz CT molecular complexity index is 550. The molecule has 2 rings (SSSR count). The normalized spacial score (nSPS) is 18.4. The van der Waals surface area contributed by atoms with Crippen LogP contribution in [0.2, 0.25) is 0 Å². The van der Waals surface area contributed by atoms with E-state index in [9.17, 15) is 4.79 Å². The summed E-state index contributed by atoms with van der Waals surface area (Å²) < 4.78 is 0. The Morgan fingerprint density at radius 3 is 2.44 bits per heavy atom. The molecular formula is C11H8N4O. The van der Waals surface area contributed by atoms with Crippen molar-refractivity contribution in [1.29, 1.82) is 10.5 Å². The number of carbonyl (C=O) groups is 1. The van der Waals surface area contributed by atoms with Gasteiger partial charge in [-0.3, -0.25) is 4.79 Å². The Morgan fingerprint density at radius 1 is 1.19 bits per heavy atom. The van der Waals surface area contributed by atoms with E-state index < -0.39 is 0 Å². The standard InChI is InChI=1S/C11H8N4O/c1-6-2-7-11(10(16)3-6)15-9(5-13)8(4-12)14-7/h6H,2-3H2,1H3. The molecule has 0 saturated heterocycles. The van der Waals surface area contributed by atoms with Gasteiger partial charge in [-0.05, 0) is 12.3 Å². The van der Waals surface area contributed by atoms with Crippen LogP contribution in [0, 0.1) is 28.6 Å². The Labute approximate surface area is 92.4 Å². The lowest BCUT2D eigenvalue weighted by Gasteiger charge is -2.18. The van der Waals surface area contributed by atoms with Crippen molar-refractivity contribution in [3.63, 3.8) is 0 Å². The van der Waals surface area contributed by atoms with E-state index in [1.54, 1.807) is 6.07 Å². The molecule has 78 valence electrons. The molecule has 0 radical (unpaired) electrons. The quantitative estimate of drug-likeness (QED) is 0.639. The van der Waals surface area contributed by atoms with Crippen molar-refractivity contribution < 1.29 is 4.79 Å². The Hall–Kier alpha value is -2.27. The van der Waals surface area contributed by atoms with E-state index in [-0.39, 0.29) is 28.8 Å². The summed E-state index contributed by atoms with van der Waals surface area (Å²) in [6.45, 7) is 1.95. The van der Waals surface area contributed by atoms with Gasteiger partial charge in [0.25, 0.3) is 0 Å². The number of aromatic nitrogens is 2. The van der Waals surface area contributed by atoms with Crippen molar-refractivity contribution in [1.82, 2.24) is 9.97 Å². The van der Waals surface area contributed by atoms with E-state index in [0.717, 1.165) is 0 Å². The molecule has 1 aromatic heterocycles. The summed E-state index contributed by atoms with van der Waals surface area (Å²) in [6, 6.07) is 3.60. The van der Waals surface area contributed by atoms with Crippen LogP contribution in [0.5, 0.6) is 0 Å². The molecule has 1 atom stereocenters. The SMILES string of the molecule is CC1CC(=O)c2nc(C#N)c(C#N)nc2C1. The summed E-state index contributed by atoms with van der Waals surface area (Å²) in [5.74, 6) is 0.121. The molecule has 1 heterocycles. The fourth-order valence-electron chi connectivity index (χ4n) is 1.81. The van der Waals surface area contributed by atoms with Gasteiger partial charge in [0.15, 0.2) is 17.2 Å². The van der Waals surface area contributed by atoms with E-state index in [1.165, 1.54) is 0 Å². The smallest absolute Gasteiger partial charge is 0.183 e. The van der Waals surface area contributed by atoms with Crippen molar-refractivity contribution in [3.8, 4) is 12.1 Å². The van der Waals surface area contributed by atoms with Crippen molar-refractivity contribution in [3.05, 3.63) is 22.8 Å². The number of hydrogen-bond acceptors (Lipinski definition) is 5. The minimum atomic E-state index is -0.0951. The molecule has 1 aliphatic carbocycles. The Morgan fingerprint density at radius 2 is 1.81 bits per heavy atom. The van der Waals surface area contributed by atoms with Gasteiger partial charge in [-0.1, -0.05) is 6.92 Å².